The molecule has 2 nitrogen and oxygen atoms in total. The highest BCUT2D eigenvalue weighted by Gasteiger charge is 2.26. The Hall–Kier alpha value is -0.590. The fourth-order valence-corrected chi connectivity index (χ4v) is 3.82. The van der Waals surface area contributed by atoms with E-state index in [1.165, 1.54) is 12.0 Å². The molecule has 0 amide bonds. The van der Waals surface area contributed by atoms with Gasteiger partial charge in [-0.25, -0.2) is 0 Å². The summed E-state index contributed by atoms with van der Waals surface area (Å²) >= 11 is 0. The molecule has 22 heavy (non-hydrogen) atoms. The van der Waals surface area contributed by atoms with E-state index in [1.54, 1.807) is 7.11 Å². The third-order valence-electron chi connectivity index (χ3n) is 3.61. The van der Waals surface area contributed by atoms with Crippen molar-refractivity contribution in [2.75, 3.05) is 13.8 Å². The fraction of sp³-hybridized carbons (Fsp3) is 0.684. The number of benzene rings is 1. The molecule has 0 N–H and O–H groups in total. The SMILES string of the molecule is COC(Oc1ccc(C(CC(C)(C)C)PC)cc1)C(C)(C)C. The van der Waals surface area contributed by atoms with Gasteiger partial charge in [-0.1, -0.05) is 53.7 Å². The zero-order valence-corrected chi connectivity index (χ0v) is 16.5. The minimum atomic E-state index is -0.239. The Morgan fingerprint density at radius 3 is 1.91 bits per heavy atom. The van der Waals surface area contributed by atoms with Gasteiger partial charge in [0, 0.05) is 18.2 Å². The molecule has 0 aliphatic rings. The summed E-state index contributed by atoms with van der Waals surface area (Å²) in [7, 11) is 2.61. The molecule has 1 aromatic rings. The molecule has 0 fully saturated rings. The van der Waals surface area contributed by atoms with Crippen LogP contribution in [0.15, 0.2) is 24.3 Å². The van der Waals surface area contributed by atoms with Crippen molar-refractivity contribution in [2.24, 2.45) is 10.8 Å². The van der Waals surface area contributed by atoms with Crippen LogP contribution in [-0.4, -0.2) is 20.1 Å². The minimum Gasteiger partial charge on any atom is -0.464 e. The largest absolute Gasteiger partial charge is 0.464 e. The Balaban J connectivity index is 2.81. The summed E-state index contributed by atoms with van der Waals surface area (Å²) in [6.07, 6.45) is 0.974. The van der Waals surface area contributed by atoms with Crippen LogP contribution in [0.5, 0.6) is 5.75 Å². The van der Waals surface area contributed by atoms with Crippen LogP contribution in [0, 0.1) is 10.8 Å². The quantitative estimate of drug-likeness (QED) is 0.481. The van der Waals surface area contributed by atoms with Gasteiger partial charge in [0.2, 0.25) is 6.29 Å². The van der Waals surface area contributed by atoms with Crippen molar-refractivity contribution in [1.29, 1.82) is 0 Å². The van der Waals surface area contributed by atoms with Gasteiger partial charge in [-0.15, -0.1) is 8.58 Å². The number of methoxy groups -OCH3 is 1. The standard InChI is InChI=1S/C19H33O2P/c1-18(2,3)13-16(22-8)14-9-11-15(12-10-14)21-17(20-7)19(4,5)6/h9-12,16-17,22H,13H2,1-8H3. The third kappa shape index (κ3) is 6.26. The Bertz CT molecular complexity index is 440. The molecule has 0 aromatic heterocycles. The fourth-order valence-electron chi connectivity index (χ4n) is 2.48. The average molecular weight is 324 g/mol. The van der Waals surface area contributed by atoms with Gasteiger partial charge < -0.3 is 9.47 Å². The summed E-state index contributed by atoms with van der Waals surface area (Å²) in [6.45, 7) is 15.6. The number of ether oxygens (including phenoxy) is 2. The predicted molar refractivity (Wildman–Crippen MR) is 98.4 cm³/mol. The molecule has 3 unspecified atom stereocenters. The highest BCUT2D eigenvalue weighted by atomic mass is 31.1. The van der Waals surface area contributed by atoms with E-state index < -0.39 is 0 Å². The van der Waals surface area contributed by atoms with E-state index in [2.05, 4.69) is 72.5 Å². The monoisotopic (exact) mass is 324 g/mol. The molecule has 0 heterocycles. The molecule has 0 aliphatic carbocycles. The van der Waals surface area contributed by atoms with Crippen molar-refractivity contribution < 1.29 is 9.47 Å². The number of rotatable bonds is 6. The second-order valence-corrected chi connectivity index (χ2v) is 9.50. The Labute approximate surface area is 138 Å². The summed E-state index contributed by atoms with van der Waals surface area (Å²) in [5, 5.41) is 0. The topological polar surface area (TPSA) is 18.5 Å². The number of hydrogen-bond acceptors (Lipinski definition) is 2. The summed E-state index contributed by atoms with van der Waals surface area (Å²) in [5.41, 5.74) is 2.35. The van der Waals surface area contributed by atoms with Gasteiger partial charge in [-0.3, -0.25) is 0 Å². The number of hydrogen-bond donors (Lipinski definition) is 0. The van der Waals surface area contributed by atoms with Crippen LogP contribution >= 0.6 is 8.58 Å². The average Bonchev–Trinajstić information content (AvgIpc) is 2.40. The molecule has 0 radical (unpaired) electrons. The van der Waals surface area contributed by atoms with Gasteiger partial charge in [0.25, 0.3) is 0 Å². The normalized spacial score (nSPS) is 16.0. The Morgan fingerprint density at radius 1 is 1.00 bits per heavy atom. The highest BCUT2D eigenvalue weighted by molar-refractivity contribution is 7.37. The van der Waals surface area contributed by atoms with Crippen molar-refractivity contribution in [2.45, 2.75) is 59.9 Å². The summed E-state index contributed by atoms with van der Waals surface area (Å²) in [6, 6.07) is 8.56. The first kappa shape index (κ1) is 19.5. The second kappa shape index (κ2) is 7.79. The van der Waals surface area contributed by atoms with Gasteiger partial charge in [-0.2, -0.15) is 0 Å². The lowest BCUT2D eigenvalue weighted by Crippen LogP contribution is -2.33. The smallest absolute Gasteiger partial charge is 0.204 e. The summed E-state index contributed by atoms with van der Waals surface area (Å²) < 4.78 is 11.4. The van der Waals surface area contributed by atoms with Crippen molar-refractivity contribution in [3.63, 3.8) is 0 Å². The van der Waals surface area contributed by atoms with Gasteiger partial charge in [0.1, 0.15) is 5.75 Å². The molecular formula is C19H33O2P. The lowest BCUT2D eigenvalue weighted by Gasteiger charge is -2.30. The van der Waals surface area contributed by atoms with E-state index in [-0.39, 0.29) is 11.7 Å². The van der Waals surface area contributed by atoms with Crippen LogP contribution in [0.3, 0.4) is 0 Å². The van der Waals surface area contributed by atoms with Crippen LogP contribution in [0.25, 0.3) is 0 Å². The molecule has 0 bridgehead atoms. The lowest BCUT2D eigenvalue weighted by molar-refractivity contribution is -0.120. The Morgan fingerprint density at radius 2 is 1.55 bits per heavy atom. The molecule has 0 saturated carbocycles. The summed E-state index contributed by atoms with van der Waals surface area (Å²) in [5.74, 6) is 0.875. The highest BCUT2D eigenvalue weighted by Crippen LogP contribution is 2.41. The van der Waals surface area contributed by atoms with Gasteiger partial charge in [-0.05, 0) is 36.2 Å². The van der Waals surface area contributed by atoms with Crippen LogP contribution in [0.1, 0.15) is 59.2 Å². The molecule has 0 spiro atoms. The molecule has 0 aliphatic heterocycles. The van der Waals surface area contributed by atoms with Crippen molar-refractivity contribution in [3.8, 4) is 5.75 Å². The lowest BCUT2D eigenvalue weighted by atomic mass is 9.88. The predicted octanol–water partition coefficient (Wildman–Crippen LogP) is 5.87. The van der Waals surface area contributed by atoms with Gasteiger partial charge >= 0.3 is 0 Å². The zero-order valence-electron chi connectivity index (χ0n) is 15.5. The first-order valence-electron chi connectivity index (χ1n) is 8.03. The van der Waals surface area contributed by atoms with Crippen LogP contribution in [0.2, 0.25) is 0 Å². The maximum absolute atomic E-state index is 5.98. The van der Waals surface area contributed by atoms with E-state index in [0.717, 1.165) is 14.3 Å². The molecule has 1 rings (SSSR count). The van der Waals surface area contributed by atoms with Crippen molar-refractivity contribution in [1.82, 2.24) is 0 Å². The first-order valence-corrected chi connectivity index (χ1v) is 9.61. The van der Waals surface area contributed by atoms with Crippen LogP contribution in [0.4, 0.5) is 0 Å². The van der Waals surface area contributed by atoms with E-state index in [1.807, 2.05) is 0 Å². The first-order chi connectivity index (χ1) is 10.1. The molecule has 3 atom stereocenters. The minimum absolute atomic E-state index is 0.0486. The summed E-state index contributed by atoms with van der Waals surface area (Å²) in [4.78, 5) is 0. The van der Waals surface area contributed by atoms with E-state index in [9.17, 15) is 0 Å². The van der Waals surface area contributed by atoms with Crippen molar-refractivity contribution >= 4 is 8.58 Å². The molecule has 3 heteroatoms. The maximum Gasteiger partial charge on any atom is 0.204 e. The van der Waals surface area contributed by atoms with Crippen LogP contribution in [-0.2, 0) is 4.74 Å². The van der Waals surface area contributed by atoms with Gasteiger partial charge in [0.15, 0.2) is 0 Å². The zero-order chi connectivity index (χ0) is 17.0. The molecule has 0 saturated heterocycles. The van der Waals surface area contributed by atoms with Gasteiger partial charge in [0.05, 0.1) is 0 Å². The third-order valence-corrected chi connectivity index (χ3v) is 4.85. The molecule has 1 aromatic carbocycles. The van der Waals surface area contributed by atoms with E-state index in [0.29, 0.717) is 11.1 Å². The second-order valence-electron chi connectivity index (χ2n) is 8.23. The maximum atomic E-state index is 5.98. The molecule has 126 valence electrons. The Kier molecular flexibility index (Phi) is 6.89. The van der Waals surface area contributed by atoms with Crippen LogP contribution < -0.4 is 4.74 Å². The molecular weight excluding hydrogens is 291 g/mol. The van der Waals surface area contributed by atoms with E-state index >= 15 is 0 Å². The van der Waals surface area contributed by atoms with Crippen molar-refractivity contribution in [3.05, 3.63) is 29.8 Å². The van der Waals surface area contributed by atoms with E-state index in [4.69, 9.17) is 9.47 Å².